The molecule has 0 aliphatic rings. The second-order valence-corrected chi connectivity index (χ2v) is 14.9. The third kappa shape index (κ3) is 9.57. The summed E-state index contributed by atoms with van der Waals surface area (Å²) < 4.78 is 50.5. The molecule has 2 rings (SSSR count). The van der Waals surface area contributed by atoms with Gasteiger partial charge in [0.15, 0.2) is 9.84 Å². The minimum atomic E-state index is -4.09. The van der Waals surface area contributed by atoms with E-state index in [9.17, 15) is 31.2 Å². The van der Waals surface area contributed by atoms with Crippen LogP contribution in [0.3, 0.4) is 0 Å². The number of carbonyl (C=O) groups excluding carboxylic acids is 2. The Morgan fingerprint density at radius 3 is 2.40 bits per heavy atom. The van der Waals surface area contributed by atoms with E-state index in [1.165, 1.54) is 45.9 Å². The van der Waals surface area contributed by atoms with Crippen LogP contribution >= 0.6 is 32.9 Å². The molecular formula is C20H24N2O8S5. The molecular weight excluding hydrogens is 557 g/mol. The average molecular weight is 581 g/mol. The van der Waals surface area contributed by atoms with E-state index in [2.05, 4.69) is 10.0 Å². The van der Waals surface area contributed by atoms with Crippen LogP contribution in [0.1, 0.15) is 28.6 Å². The van der Waals surface area contributed by atoms with Gasteiger partial charge in [0.1, 0.15) is 9.99 Å². The van der Waals surface area contributed by atoms with Crippen LogP contribution < -0.4 is 10.0 Å². The summed E-state index contributed by atoms with van der Waals surface area (Å²) in [5, 5.41) is 11.6. The normalized spacial score (nSPS) is 12.7. The number of thiophene rings is 1. The monoisotopic (exact) mass is 580 g/mol. The topological polar surface area (TPSA) is 164 Å². The quantitative estimate of drug-likeness (QED) is 0.223. The molecule has 1 atom stereocenters. The molecule has 1 aromatic heterocycles. The fourth-order valence-corrected chi connectivity index (χ4v) is 7.74. The molecule has 1 amide bonds. The minimum Gasteiger partial charge on any atom is -0.481 e. The summed E-state index contributed by atoms with van der Waals surface area (Å²) in [5.41, 5.74) is 0.707. The SMILES string of the molecule is CC(=O)[C@H](CC(=O)O)NS(=O)(=O)c1cccc(CSSCCNC(=O)c2ccc(S(C)(=O)=O)s2)c1. The number of hydrogen-bond acceptors (Lipinski definition) is 10. The molecule has 10 nitrogen and oxygen atoms in total. The Balaban J connectivity index is 1.82. The number of carboxylic acid groups (broad SMARTS) is 1. The van der Waals surface area contributed by atoms with E-state index >= 15 is 0 Å². The first-order valence-corrected chi connectivity index (χ1v) is 16.6. The Hall–Kier alpha value is -1.91. The lowest BCUT2D eigenvalue weighted by Crippen LogP contribution is -2.41. The summed E-state index contributed by atoms with van der Waals surface area (Å²) in [6.45, 7) is 1.48. The highest BCUT2D eigenvalue weighted by molar-refractivity contribution is 8.76. The van der Waals surface area contributed by atoms with Crippen LogP contribution in [0.5, 0.6) is 0 Å². The van der Waals surface area contributed by atoms with Gasteiger partial charge >= 0.3 is 5.97 Å². The van der Waals surface area contributed by atoms with Gasteiger partial charge < -0.3 is 10.4 Å². The summed E-state index contributed by atoms with van der Waals surface area (Å²) in [4.78, 5) is 34.8. The number of sulfonamides is 1. The molecule has 15 heteroatoms. The molecule has 0 radical (unpaired) electrons. The Bertz CT molecular complexity index is 1290. The first-order valence-electron chi connectivity index (χ1n) is 9.95. The molecule has 0 spiro atoms. The Morgan fingerprint density at radius 1 is 1.09 bits per heavy atom. The number of nitrogens with one attached hydrogen (secondary N) is 2. The molecule has 1 aromatic carbocycles. The molecule has 3 N–H and O–H groups in total. The molecule has 35 heavy (non-hydrogen) atoms. The zero-order chi connectivity index (χ0) is 26.2. The number of carbonyl (C=O) groups is 3. The number of amides is 1. The van der Waals surface area contributed by atoms with Crippen molar-refractivity contribution in [3.8, 4) is 0 Å². The van der Waals surface area contributed by atoms with E-state index in [-0.39, 0.29) is 15.0 Å². The van der Waals surface area contributed by atoms with Gasteiger partial charge in [-0.2, -0.15) is 0 Å². The number of benzene rings is 1. The number of ketones is 1. The number of carboxylic acids is 1. The number of rotatable bonds is 14. The maximum Gasteiger partial charge on any atom is 0.305 e. The zero-order valence-corrected chi connectivity index (χ0v) is 22.8. The summed E-state index contributed by atoms with van der Waals surface area (Å²) >= 11 is 0.911. The fraction of sp³-hybridized carbons (Fsp3) is 0.350. The maximum atomic E-state index is 12.6. The minimum absolute atomic E-state index is 0.0751. The van der Waals surface area contributed by atoms with Crippen LogP contribution in [0.15, 0.2) is 45.5 Å². The van der Waals surface area contributed by atoms with Gasteiger partial charge in [0, 0.05) is 24.3 Å². The predicted molar refractivity (Wildman–Crippen MR) is 137 cm³/mol. The lowest BCUT2D eigenvalue weighted by molar-refractivity contribution is -0.139. The number of aliphatic carboxylic acids is 1. The van der Waals surface area contributed by atoms with Crippen molar-refractivity contribution in [2.75, 3.05) is 18.6 Å². The molecule has 0 unspecified atom stereocenters. The second-order valence-electron chi connectivity index (χ2n) is 7.26. The summed E-state index contributed by atoms with van der Waals surface area (Å²) in [6.07, 6.45) is 0.432. The van der Waals surface area contributed by atoms with Gasteiger partial charge in [-0.15, -0.1) is 11.3 Å². The molecule has 0 saturated carbocycles. The molecule has 1 heterocycles. The third-order valence-electron chi connectivity index (χ3n) is 4.33. The van der Waals surface area contributed by atoms with E-state index in [0.717, 1.165) is 24.5 Å². The summed E-state index contributed by atoms with van der Waals surface area (Å²) in [7, 11) is -4.53. The average Bonchev–Trinajstić information content (AvgIpc) is 3.26. The van der Waals surface area contributed by atoms with Crippen LogP contribution in [0.2, 0.25) is 0 Å². The van der Waals surface area contributed by atoms with Crippen molar-refractivity contribution in [1.29, 1.82) is 0 Å². The van der Waals surface area contributed by atoms with E-state index < -0.39 is 44.1 Å². The van der Waals surface area contributed by atoms with E-state index in [4.69, 9.17) is 5.11 Å². The van der Waals surface area contributed by atoms with Crippen molar-refractivity contribution in [2.45, 2.75) is 34.2 Å². The smallest absolute Gasteiger partial charge is 0.305 e. The van der Waals surface area contributed by atoms with Crippen LogP contribution in [0, 0.1) is 0 Å². The van der Waals surface area contributed by atoms with Crippen molar-refractivity contribution in [2.24, 2.45) is 0 Å². The van der Waals surface area contributed by atoms with Gasteiger partial charge in [-0.3, -0.25) is 14.4 Å². The van der Waals surface area contributed by atoms with Crippen molar-refractivity contribution in [1.82, 2.24) is 10.0 Å². The van der Waals surface area contributed by atoms with E-state index in [0.29, 0.717) is 28.5 Å². The van der Waals surface area contributed by atoms with Crippen molar-refractivity contribution in [3.05, 3.63) is 46.8 Å². The van der Waals surface area contributed by atoms with Gasteiger partial charge in [0.25, 0.3) is 5.91 Å². The number of sulfone groups is 1. The van der Waals surface area contributed by atoms with Gasteiger partial charge in [-0.1, -0.05) is 33.7 Å². The van der Waals surface area contributed by atoms with Crippen LogP contribution in [0.4, 0.5) is 0 Å². The number of hydrogen-bond donors (Lipinski definition) is 3. The molecule has 2 aromatic rings. The largest absolute Gasteiger partial charge is 0.481 e. The first-order chi connectivity index (χ1) is 16.3. The predicted octanol–water partition coefficient (Wildman–Crippen LogP) is 2.17. The van der Waals surface area contributed by atoms with Gasteiger partial charge in [0.05, 0.1) is 22.2 Å². The molecule has 0 bridgehead atoms. The summed E-state index contributed by atoms with van der Waals surface area (Å²) in [5.74, 6) is -1.21. The molecule has 0 aliphatic carbocycles. The van der Waals surface area contributed by atoms with Gasteiger partial charge in [-0.05, 0) is 36.8 Å². The van der Waals surface area contributed by atoms with Crippen molar-refractivity contribution >= 4 is 70.4 Å². The molecule has 0 fully saturated rings. The Kier molecular flexibility index (Phi) is 10.8. The van der Waals surface area contributed by atoms with E-state index in [1.807, 2.05) is 0 Å². The highest BCUT2D eigenvalue weighted by Gasteiger charge is 2.25. The first kappa shape index (κ1) is 29.3. The van der Waals surface area contributed by atoms with Gasteiger partial charge in [0.2, 0.25) is 10.0 Å². The highest BCUT2D eigenvalue weighted by atomic mass is 33.1. The Morgan fingerprint density at radius 2 is 1.80 bits per heavy atom. The van der Waals surface area contributed by atoms with Crippen LogP contribution in [-0.2, 0) is 35.2 Å². The molecule has 0 aliphatic heterocycles. The highest BCUT2D eigenvalue weighted by Crippen LogP contribution is 2.27. The fourth-order valence-electron chi connectivity index (χ4n) is 2.60. The Labute approximate surface area is 215 Å². The summed E-state index contributed by atoms with van der Waals surface area (Å²) in [6, 6.07) is 7.62. The lowest BCUT2D eigenvalue weighted by Gasteiger charge is -2.14. The lowest BCUT2D eigenvalue weighted by atomic mass is 10.1. The molecule has 192 valence electrons. The van der Waals surface area contributed by atoms with Crippen LogP contribution in [0.25, 0.3) is 0 Å². The standard InChI is InChI=1S/C20H24N2O8S5/c1-13(23)16(11-18(24)25)22-35(29,30)15-5-3-4-14(10-15)12-32-31-9-8-21-20(26)17-6-7-19(33-17)34(2,27)28/h3-7,10,16,22H,8-9,11-12H2,1-2H3,(H,21,26)(H,24,25)/t16-/m0/s1. The third-order valence-corrected chi connectivity index (χ3v) is 11.0. The van der Waals surface area contributed by atoms with E-state index in [1.54, 1.807) is 12.1 Å². The zero-order valence-electron chi connectivity index (χ0n) is 18.7. The maximum absolute atomic E-state index is 12.6. The van der Waals surface area contributed by atoms with Crippen LogP contribution in [-0.4, -0.2) is 64.2 Å². The second kappa shape index (κ2) is 12.9. The molecule has 0 saturated heterocycles. The van der Waals surface area contributed by atoms with Crippen molar-refractivity contribution in [3.63, 3.8) is 0 Å². The number of Topliss-reactive ketones (excluding diaryl/α,β-unsaturated/α-hetero) is 1. The van der Waals surface area contributed by atoms with Crippen molar-refractivity contribution < 1.29 is 36.3 Å². The van der Waals surface area contributed by atoms with Gasteiger partial charge in [-0.25, -0.2) is 21.6 Å².